The normalized spacial score (nSPS) is 13.2. The number of rotatable bonds is 5. The van der Waals surface area contributed by atoms with Gasteiger partial charge < -0.3 is 14.7 Å². The molecule has 1 aromatic carbocycles. The minimum absolute atomic E-state index is 0.289. The molecule has 0 aliphatic carbocycles. The Morgan fingerprint density at radius 3 is 2.48 bits per heavy atom. The van der Waals surface area contributed by atoms with Crippen molar-refractivity contribution in [3.63, 3.8) is 0 Å². The predicted octanol–water partition coefficient (Wildman–Crippen LogP) is 3.29. The largest absolute Gasteiger partial charge is 0.344 e. The highest BCUT2D eigenvalue weighted by atomic mass is 19.1. The molecule has 0 amide bonds. The molecule has 0 spiro atoms. The van der Waals surface area contributed by atoms with Gasteiger partial charge in [0, 0.05) is 31.8 Å². The first-order chi connectivity index (χ1) is 10.7. The highest BCUT2D eigenvalue weighted by Gasteiger charge is 2.29. The van der Waals surface area contributed by atoms with Gasteiger partial charge in [0.15, 0.2) is 0 Å². The average molecular weight is 324 g/mol. The Balaban J connectivity index is 2.19. The Bertz CT molecular complexity index is 664. The lowest BCUT2D eigenvalue weighted by atomic mass is 9.82. The molecule has 1 N–H and O–H groups in total. The summed E-state index contributed by atoms with van der Waals surface area (Å²) in [6.45, 7) is 6.23. The van der Waals surface area contributed by atoms with E-state index in [-0.39, 0.29) is 11.5 Å². The summed E-state index contributed by atoms with van der Waals surface area (Å²) in [5.41, 5.74) is 0.120. The van der Waals surface area contributed by atoms with E-state index in [2.05, 4.69) is 15.5 Å². The summed E-state index contributed by atoms with van der Waals surface area (Å²) in [4.78, 5) is 5.96. The quantitative estimate of drug-likeness (QED) is 0.914. The summed E-state index contributed by atoms with van der Waals surface area (Å²) >= 11 is 0. The van der Waals surface area contributed by atoms with E-state index in [1.54, 1.807) is 4.90 Å². The van der Waals surface area contributed by atoms with Crippen molar-refractivity contribution in [1.82, 2.24) is 15.5 Å². The summed E-state index contributed by atoms with van der Waals surface area (Å²) in [5.74, 6) is -0.282. The molecule has 2 aromatic rings. The number of halogens is 2. The van der Waals surface area contributed by atoms with Gasteiger partial charge in [-0.05, 0) is 16.6 Å². The summed E-state index contributed by atoms with van der Waals surface area (Å²) in [5, 5.41) is 7.06. The van der Waals surface area contributed by atoms with Crippen LogP contribution < -0.4 is 10.2 Å². The number of hydrogen-bond acceptors (Lipinski definition) is 5. The Morgan fingerprint density at radius 2 is 1.96 bits per heavy atom. The molecule has 0 saturated heterocycles. The van der Waals surface area contributed by atoms with Gasteiger partial charge in [-0.25, -0.2) is 8.78 Å². The number of nitrogens with zero attached hydrogens (tertiary/aromatic N) is 3. The van der Waals surface area contributed by atoms with E-state index in [0.29, 0.717) is 23.9 Å². The van der Waals surface area contributed by atoms with E-state index in [0.717, 1.165) is 6.07 Å². The fraction of sp³-hybridized carbons (Fsp3) is 0.500. The van der Waals surface area contributed by atoms with Crippen molar-refractivity contribution in [1.29, 1.82) is 0 Å². The van der Waals surface area contributed by atoms with E-state index < -0.39 is 11.6 Å². The van der Waals surface area contributed by atoms with Gasteiger partial charge in [0.05, 0.1) is 6.54 Å². The molecule has 0 aliphatic rings. The molecule has 1 unspecified atom stereocenters. The Kier molecular flexibility index (Phi) is 4.99. The van der Waals surface area contributed by atoms with Crippen LogP contribution in [-0.2, 0) is 6.54 Å². The number of benzene rings is 1. The lowest BCUT2D eigenvalue weighted by molar-refractivity contribution is 0.251. The molecule has 0 radical (unpaired) electrons. The lowest BCUT2D eigenvalue weighted by Gasteiger charge is -2.32. The van der Waals surface area contributed by atoms with E-state index in [4.69, 9.17) is 4.52 Å². The maximum Gasteiger partial charge on any atom is 0.265 e. The first kappa shape index (κ1) is 17.3. The second-order valence-corrected chi connectivity index (χ2v) is 6.73. The number of hydrogen-bond donors (Lipinski definition) is 1. The second-order valence-electron chi connectivity index (χ2n) is 6.73. The number of anilines is 1. The Hall–Kier alpha value is -2.02. The Labute approximate surface area is 134 Å². The van der Waals surface area contributed by atoms with Crippen LogP contribution in [0.4, 0.5) is 14.7 Å². The zero-order valence-corrected chi connectivity index (χ0v) is 14.0. The molecule has 0 fully saturated rings. The van der Waals surface area contributed by atoms with Crippen LogP contribution in [0.3, 0.4) is 0 Å². The van der Waals surface area contributed by atoms with Gasteiger partial charge >= 0.3 is 0 Å². The first-order valence-electron chi connectivity index (χ1n) is 7.36. The van der Waals surface area contributed by atoms with Gasteiger partial charge in [-0.1, -0.05) is 26.8 Å². The molecule has 0 aliphatic heterocycles. The molecule has 1 aromatic heterocycles. The first-order valence-corrected chi connectivity index (χ1v) is 7.36. The van der Waals surface area contributed by atoms with Crippen molar-refractivity contribution in [3.05, 3.63) is 41.3 Å². The molecule has 5 nitrogen and oxygen atoms in total. The van der Waals surface area contributed by atoms with Crippen molar-refractivity contribution in [2.45, 2.75) is 33.4 Å². The highest BCUT2D eigenvalue weighted by molar-refractivity contribution is 5.25. The average Bonchev–Trinajstić information content (AvgIpc) is 2.88. The van der Waals surface area contributed by atoms with E-state index in [1.807, 2.05) is 34.9 Å². The van der Waals surface area contributed by atoms with E-state index in [9.17, 15) is 8.78 Å². The smallest absolute Gasteiger partial charge is 0.265 e. The third-order valence-corrected chi connectivity index (χ3v) is 3.45. The molecular weight excluding hydrogens is 302 g/mol. The van der Waals surface area contributed by atoms with Crippen LogP contribution in [0.2, 0.25) is 0 Å². The summed E-state index contributed by atoms with van der Waals surface area (Å²) in [7, 11) is 3.63. The van der Waals surface area contributed by atoms with Crippen LogP contribution in [0.1, 0.15) is 38.3 Å². The summed E-state index contributed by atoms with van der Waals surface area (Å²) in [6.07, 6.45) is 0. The molecule has 7 heteroatoms. The fourth-order valence-electron chi connectivity index (χ4n) is 2.31. The lowest BCUT2D eigenvalue weighted by Crippen LogP contribution is -2.33. The van der Waals surface area contributed by atoms with E-state index in [1.165, 1.54) is 12.1 Å². The standard InChI is InChI=1S/C16H22F2N4O/c1-16(2,3)14(11-7-6-10(17)8-12(11)18)19-9-13-20-15(21-23-13)22(4)5/h6-8,14,19H,9H2,1-5H3. The zero-order chi connectivity index (χ0) is 17.2. The fourth-order valence-corrected chi connectivity index (χ4v) is 2.31. The van der Waals surface area contributed by atoms with Gasteiger partial charge in [0.2, 0.25) is 5.89 Å². The molecule has 1 atom stereocenters. The number of nitrogens with one attached hydrogen (secondary N) is 1. The van der Waals surface area contributed by atoms with Crippen LogP contribution in [0.15, 0.2) is 22.7 Å². The van der Waals surface area contributed by atoms with Crippen molar-refractivity contribution < 1.29 is 13.3 Å². The van der Waals surface area contributed by atoms with Crippen molar-refractivity contribution in [3.8, 4) is 0 Å². The molecule has 1 heterocycles. The molecule has 0 bridgehead atoms. The van der Waals surface area contributed by atoms with Crippen LogP contribution in [-0.4, -0.2) is 24.2 Å². The third kappa shape index (κ3) is 4.25. The Morgan fingerprint density at radius 1 is 1.26 bits per heavy atom. The SMILES string of the molecule is CN(C)c1noc(CNC(c2ccc(F)cc2F)C(C)(C)C)n1. The molecule has 0 saturated carbocycles. The van der Waals surface area contributed by atoms with E-state index >= 15 is 0 Å². The van der Waals surface area contributed by atoms with Crippen LogP contribution in [0.25, 0.3) is 0 Å². The molecule has 126 valence electrons. The zero-order valence-electron chi connectivity index (χ0n) is 14.0. The maximum atomic E-state index is 14.1. The highest BCUT2D eigenvalue weighted by Crippen LogP contribution is 2.34. The van der Waals surface area contributed by atoms with Gasteiger partial charge in [0.1, 0.15) is 11.6 Å². The predicted molar refractivity (Wildman–Crippen MR) is 84.0 cm³/mol. The summed E-state index contributed by atoms with van der Waals surface area (Å²) < 4.78 is 32.4. The van der Waals surface area contributed by atoms with Crippen molar-refractivity contribution >= 4 is 5.95 Å². The van der Waals surface area contributed by atoms with Gasteiger partial charge in [-0.3, -0.25) is 0 Å². The van der Waals surface area contributed by atoms with Crippen LogP contribution >= 0.6 is 0 Å². The molecular formula is C16H22F2N4O. The third-order valence-electron chi connectivity index (χ3n) is 3.45. The molecule has 23 heavy (non-hydrogen) atoms. The van der Waals surface area contributed by atoms with Crippen LogP contribution in [0, 0.1) is 17.0 Å². The van der Waals surface area contributed by atoms with Gasteiger partial charge in [-0.15, -0.1) is 0 Å². The topological polar surface area (TPSA) is 54.2 Å². The maximum absolute atomic E-state index is 14.1. The molecule has 2 rings (SSSR count). The van der Waals surface area contributed by atoms with Crippen molar-refractivity contribution in [2.24, 2.45) is 5.41 Å². The van der Waals surface area contributed by atoms with Gasteiger partial charge in [-0.2, -0.15) is 4.98 Å². The van der Waals surface area contributed by atoms with Crippen LogP contribution in [0.5, 0.6) is 0 Å². The monoisotopic (exact) mass is 324 g/mol. The van der Waals surface area contributed by atoms with Gasteiger partial charge in [0.25, 0.3) is 5.95 Å². The number of aromatic nitrogens is 2. The minimum atomic E-state index is -0.591. The second kappa shape index (κ2) is 6.62. The summed E-state index contributed by atoms with van der Waals surface area (Å²) in [6, 6.07) is 3.28. The van der Waals surface area contributed by atoms with Crippen molar-refractivity contribution in [2.75, 3.05) is 19.0 Å². The minimum Gasteiger partial charge on any atom is -0.344 e.